The molecular weight excluding hydrogens is 352 g/mol. The zero-order valence-corrected chi connectivity index (χ0v) is 15.2. The number of aliphatic carboxylic acids is 1. The maximum Gasteiger partial charge on any atom is 0.326 e. The van der Waals surface area contributed by atoms with Crippen molar-refractivity contribution >= 4 is 11.9 Å². The van der Waals surface area contributed by atoms with Gasteiger partial charge in [-0.15, -0.1) is 0 Å². The third-order valence-electron chi connectivity index (χ3n) is 5.18. The fourth-order valence-electron chi connectivity index (χ4n) is 3.88. The lowest BCUT2D eigenvalue weighted by molar-refractivity contribution is -0.141. The number of carboxylic acids is 1. The molecule has 3 aromatic rings. The Bertz CT molecular complexity index is 989. The average Bonchev–Trinajstić information content (AvgIpc) is 3.20. The summed E-state index contributed by atoms with van der Waals surface area (Å²) in [6, 6.07) is 21.3. The van der Waals surface area contributed by atoms with Crippen molar-refractivity contribution in [3.63, 3.8) is 0 Å². The molecule has 1 N–H and O–H groups in total. The van der Waals surface area contributed by atoms with Crippen LogP contribution in [0.4, 0.5) is 0 Å². The van der Waals surface area contributed by atoms with Crippen molar-refractivity contribution in [2.24, 2.45) is 0 Å². The molecule has 0 radical (unpaired) electrons. The van der Waals surface area contributed by atoms with Crippen LogP contribution in [-0.2, 0) is 4.79 Å². The number of aromatic nitrogens is 1. The van der Waals surface area contributed by atoms with Gasteiger partial charge in [-0.3, -0.25) is 9.78 Å². The Morgan fingerprint density at radius 3 is 2.32 bits per heavy atom. The van der Waals surface area contributed by atoms with E-state index in [0.717, 1.165) is 16.8 Å². The SMILES string of the molecule is O=C(O)C1CCC(c2ccccn2)N1C(=O)c1ccccc1-c1ccccc1. The number of amides is 1. The number of carbonyl (C=O) groups excluding carboxylic acids is 1. The summed E-state index contributed by atoms with van der Waals surface area (Å²) in [6.45, 7) is 0. The number of likely N-dealkylation sites (tertiary alicyclic amines) is 1. The Kier molecular flexibility index (Phi) is 4.89. The number of nitrogens with zero attached hydrogens (tertiary/aromatic N) is 2. The quantitative estimate of drug-likeness (QED) is 0.746. The van der Waals surface area contributed by atoms with E-state index in [9.17, 15) is 14.7 Å². The fraction of sp³-hybridized carbons (Fsp3) is 0.174. The summed E-state index contributed by atoms with van der Waals surface area (Å²) >= 11 is 0. The smallest absolute Gasteiger partial charge is 0.326 e. The summed E-state index contributed by atoms with van der Waals surface area (Å²) in [6.07, 6.45) is 2.66. The van der Waals surface area contributed by atoms with Crippen LogP contribution in [0.1, 0.15) is 34.9 Å². The fourth-order valence-corrected chi connectivity index (χ4v) is 3.88. The van der Waals surface area contributed by atoms with Crippen LogP contribution in [0.3, 0.4) is 0 Å². The van der Waals surface area contributed by atoms with Crippen molar-refractivity contribution in [3.8, 4) is 11.1 Å². The molecule has 1 aliphatic rings. The van der Waals surface area contributed by atoms with Gasteiger partial charge in [-0.1, -0.05) is 54.6 Å². The molecule has 0 saturated carbocycles. The lowest BCUT2D eigenvalue weighted by atomic mass is 9.98. The maximum absolute atomic E-state index is 13.6. The number of carbonyl (C=O) groups is 2. The van der Waals surface area contributed by atoms with Crippen molar-refractivity contribution in [2.75, 3.05) is 0 Å². The molecule has 0 spiro atoms. The van der Waals surface area contributed by atoms with Crippen LogP contribution < -0.4 is 0 Å². The van der Waals surface area contributed by atoms with E-state index in [4.69, 9.17) is 0 Å². The second-order valence-corrected chi connectivity index (χ2v) is 6.83. The van der Waals surface area contributed by atoms with Crippen molar-refractivity contribution in [1.29, 1.82) is 0 Å². The zero-order chi connectivity index (χ0) is 19.5. The number of hydrogen-bond donors (Lipinski definition) is 1. The van der Waals surface area contributed by atoms with Crippen LogP contribution in [0.5, 0.6) is 0 Å². The largest absolute Gasteiger partial charge is 0.480 e. The van der Waals surface area contributed by atoms with E-state index in [2.05, 4.69) is 4.98 Å². The maximum atomic E-state index is 13.6. The van der Waals surface area contributed by atoms with E-state index in [1.807, 2.05) is 60.7 Å². The average molecular weight is 372 g/mol. The topological polar surface area (TPSA) is 70.5 Å². The van der Waals surface area contributed by atoms with E-state index in [0.29, 0.717) is 18.4 Å². The van der Waals surface area contributed by atoms with E-state index in [1.165, 1.54) is 4.90 Å². The molecule has 2 atom stereocenters. The first-order valence-electron chi connectivity index (χ1n) is 9.27. The Balaban J connectivity index is 1.78. The molecule has 1 amide bonds. The molecule has 2 aromatic carbocycles. The molecule has 1 fully saturated rings. The third kappa shape index (κ3) is 3.27. The molecule has 4 rings (SSSR count). The second-order valence-electron chi connectivity index (χ2n) is 6.83. The molecule has 1 aromatic heterocycles. The molecule has 2 heterocycles. The van der Waals surface area contributed by atoms with Gasteiger partial charge in [0, 0.05) is 11.8 Å². The lowest BCUT2D eigenvalue weighted by Gasteiger charge is -2.29. The van der Waals surface area contributed by atoms with Crippen molar-refractivity contribution in [1.82, 2.24) is 9.88 Å². The summed E-state index contributed by atoms with van der Waals surface area (Å²) < 4.78 is 0. The van der Waals surface area contributed by atoms with Gasteiger partial charge in [0.15, 0.2) is 0 Å². The lowest BCUT2D eigenvalue weighted by Crippen LogP contribution is -2.42. The minimum Gasteiger partial charge on any atom is -0.480 e. The molecule has 28 heavy (non-hydrogen) atoms. The Labute approximate surface area is 163 Å². The van der Waals surface area contributed by atoms with Crippen LogP contribution in [0.2, 0.25) is 0 Å². The van der Waals surface area contributed by atoms with Gasteiger partial charge in [-0.2, -0.15) is 0 Å². The minimum atomic E-state index is -0.982. The number of carboxylic acid groups (broad SMARTS) is 1. The first-order valence-corrected chi connectivity index (χ1v) is 9.27. The molecule has 0 aliphatic carbocycles. The van der Waals surface area contributed by atoms with Gasteiger partial charge in [0.2, 0.25) is 0 Å². The highest BCUT2D eigenvalue weighted by Gasteiger charge is 2.42. The van der Waals surface area contributed by atoms with Gasteiger partial charge in [-0.25, -0.2) is 4.79 Å². The highest BCUT2D eigenvalue weighted by molar-refractivity contribution is 6.02. The monoisotopic (exact) mass is 372 g/mol. The van der Waals surface area contributed by atoms with E-state index < -0.39 is 12.0 Å². The highest BCUT2D eigenvalue weighted by Crippen LogP contribution is 2.38. The predicted molar refractivity (Wildman–Crippen MR) is 106 cm³/mol. The first kappa shape index (κ1) is 17.9. The van der Waals surface area contributed by atoms with Crippen LogP contribution in [0.25, 0.3) is 11.1 Å². The van der Waals surface area contributed by atoms with E-state index >= 15 is 0 Å². The van der Waals surface area contributed by atoms with Gasteiger partial charge >= 0.3 is 5.97 Å². The molecule has 140 valence electrons. The molecule has 0 bridgehead atoms. The molecule has 1 saturated heterocycles. The summed E-state index contributed by atoms with van der Waals surface area (Å²) in [4.78, 5) is 31.3. The summed E-state index contributed by atoms with van der Waals surface area (Å²) in [5, 5.41) is 9.72. The van der Waals surface area contributed by atoms with Gasteiger partial charge < -0.3 is 10.0 Å². The van der Waals surface area contributed by atoms with Gasteiger partial charge in [0.1, 0.15) is 6.04 Å². The van der Waals surface area contributed by atoms with Crippen LogP contribution in [0.15, 0.2) is 79.0 Å². The second kappa shape index (κ2) is 7.64. The Morgan fingerprint density at radius 2 is 1.61 bits per heavy atom. The Morgan fingerprint density at radius 1 is 0.893 bits per heavy atom. The molecule has 1 aliphatic heterocycles. The van der Waals surface area contributed by atoms with Crippen molar-refractivity contribution < 1.29 is 14.7 Å². The number of rotatable bonds is 4. The van der Waals surface area contributed by atoms with Gasteiger partial charge in [0.05, 0.1) is 11.7 Å². The Hall–Kier alpha value is -3.47. The van der Waals surface area contributed by atoms with Crippen molar-refractivity contribution in [3.05, 3.63) is 90.3 Å². The number of benzene rings is 2. The predicted octanol–water partition coefficient (Wildman–Crippen LogP) is 4.18. The number of pyridine rings is 1. The molecular formula is C23H20N2O3. The van der Waals surface area contributed by atoms with Crippen LogP contribution >= 0.6 is 0 Å². The number of hydrogen-bond acceptors (Lipinski definition) is 3. The normalized spacial score (nSPS) is 18.8. The summed E-state index contributed by atoms with van der Waals surface area (Å²) in [5.74, 6) is -1.26. The summed E-state index contributed by atoms with van der Waals surface area (Å²) in [7, 11) is 0. The highest BCUT2D eigenvalue weighted by atomic mass is 16.4. The minimum absolute atomic E-state index is 0.278. The third-order valence-corrected chi connectivity index (χ3v) is 5.18. The molecule has 5 heteroatoms. The van der Waals surface area contributed by atoms with Crippen LogP contribution in [0, 0.1) is 0 Å². The van der Waals surface area contributed by atoms with Crippen LogP contribution in [-0.4, -0.2) is 32.9 Å². The van der Waals surface area contributed by atoms with E-state index in [1.54, 1.807) is 18.3 Å². The van der Waals surface area contributed by atoms with Crippen molar-refractivity contribution in [2.45, 2.75) is 24.9 Å². The van der Waals surface area contributed by atoms with Gasteiger partial charge in [-0.05, 0) is 42.2 Å². The molecule has 2 unspecified atom stereocenters. The van der Waals surface area contributed by atoms with Gasteiger partial charge in [0.25, 0.3) is 5.91 Å². The zero-order valence-electron chi connectivity index (χ0n) is 15.2. The summed E-state index contributed by atoms with van der Waals surface area (Å²) in [5.41, 5.74) is 2.94. The van der Waals surface area contributed by atoms with E-state index in [-0.39, 0.29) is 11.9 Å². The molecule has 5 nitrogen and oxygen atoms in total. The standard InChI is InChI=1S/C23H20N2O3/c26-22(18-11-5-4-10-17(18)16-8-2-1-3-9-16)25-20(13-14-21(25)23(27)28)19-12-6-7-15-24-19/h1-12,15,20-21H,13-14H2,(H,27,28). The first-order chi connectivity index (χ1) is 13.7.